The van der Waals surface area contributed by atoms with Crippen LogP contribution in [0.1, 0.15) is 61.1 Å². The number of aromatic hydroxyl groups is 1. The Morgan fingerprint density at radius 3 is 2.78 bits per heavy atom. The normalized spacial score (nSPS) is 30.4. The van der Waals surface area contributed by atoms with Crippen LogP contribution in [0.15, 0.2) is 42.6 Å². The van der Waals surface area contributed by atoms with Crippen molar-refractivity contribution < 1.29 is 14.3 Å². The molecular weight excluding hydrogens is 405 g/mol. The van der Waals surface area contributed by atoms with Crippen molar-refractivity contribution in [3.05, 3.63) is 65.1 Å². The van der Waals surface area contributed by atoms with Crippen LogP contribution in [0, 0.1) is 23.6 Å². The van der Waals surface area contributed by atoms with Gasteiger partial charge in [-0.05, 0) is 84.5 Å². The number of hydrogen-bond acceptors (Lipinski definition) is 4. The molecule has 1 N–H and O–H groups in total. The van der Waals surface area contributed by atoms with E-state index in [1.54, 1.807) is 18.2 Å². The molecule has 2 bridgehead atoms. The van der Waals surface area contributed by atoms with Gasteiger partial charge in [-0.3, -0.25) is 9.48 Å². The molecule has 5 nitrogen and oxygen atoms in total. The molecule has 1 aromatic heterocycles. The Bertz CT molecular complexity index is 1250. The molecule has 1 spiro atoms. The third kappa shape index (κ3) is 2.58. The highest BCUT2D eigenvalue weighted by molar-refractivity contribution is 5.89. The van der Waals surface area contributed by atoms with Crippen molar-refractivity contribution >= 4 is 5.78 Å². The molecule has 1 heterocycles. The molecule has 6 heteroatoms. The number of carbonyl (C=O) groups excluding carboxylic acids is 1. The minimum Gasteiger partial charge on any atom is -0.508 e. The number of rotatable bonds is 3. The van der Waals surface area contributed by atoms with Crippen LogP contribution in [-0.4, -0.2) is 25.9 Å². The van der Waals surface area contributed by atoms with Crippen LogP contribution in [0.4, 0.5) is 4.39 Å². The number of halogens is 1. The van der Waals surface area contributed by atoms with Crippen molar-refractivity contribution in [1.82, 2.24) is 15.0 Å². The number of Topliss-reactive ketones (excluding diaryl/α,β-unsaturated/α-hetero) is 1. The molecule has 32 heavy (non-hydrogen) atoms. The van der Waals surface area contributed by atoms with Crippen LogP contribution in [0.2, 0.25) is 0 Å². The van der Waals surface area contributed by atoms with E-state index in [4.69, 9.17) is 0 Å². The molecule has 6 rings (SSSR count). The molecule has 3 aliphatic carbocycles. The Balaban J connectivity index is 1.43. The Labute approximate surface area is 186 Å². The number of fused-ring (bicyclic) bond motifs is 3. The van der Waals surface area contributed by atoms with Crippen LogP contribution in [0.25, 0.3) is 11.3 Å². The van der Waals surface area contributed by atoms with E-state index in [1.165, 1.54) is 23.3 Å². The van der Waals surface area contributed by atoms with Gasteiger partial charge in [0.05, 0.1) is 12.7 Å². The summed E-state index contributed by atoms with van der Waals surface area (Å²) >= 11 is 0. The number of phenols is 1. The van der Waals surface area contributed by atoms with E-state index in [0.717, 1.165) is 30.4 Å². The monoisotopic (exact) mass is 431 g/mol. The van der Waals surface area contributed by atoms with E-state index >= 15 is 0 Å². The van der Waals surface area contributed by atoms with Gasteiger partial charge in [0.2, 0.25) is 0 Å². The van der Waals surface area contributed by atoms with Crippen LogP contribution in [-0.2, 0) is 11.3 Å². The summed E-state index contributed by atoms with van der Waals surface area (Å²) in [5, 5.41) is 19.2. The summed E-state index contributed by atoms with van der Waals surface area (Å²) in [6.45, 7) is 4.72. The average molecular weight is 432 g/mol. The molecule has 3 aliphatic rings. The second-order valence-electron chi connectivity index (χ2n) is 10.3. The number of benzene rings is 2. The van der Waals surface area contributed by atoms with Crippen LogP contribution < -0.4 is 0 Å². The van der Waals surface area contributed by atoms with Gasteiger partial charge in [-0.1, -0.05) is 18.2 Å². The number of nitrogens with zero attached hydrogens (tertiary/aromatic N) is 3. The average Bonchev–Trinajstić information content (AvgIpc) is 3.38. The molecule has 0 aliphatic heterocycles. The van der Waals surface area contributed by atoms with Gasteiger partial charge in [-0.25, -0.2) is 4.39 Å². The highest BCUT2D eigenvalue weighted by atomic mass is 19.1. The predicted molar refractivity (Wildman–Crippen MR) is 118 cm³/mol. The number of phenolic OH excluding ortho intramolecular Hbond substituents is 1. The topological polar surface area (TPSA) is 68.0 Å². The molecule has 164 valence electrons. The zero-order chi connectivity index (χ0) is 22.3. The summed E-state index contributed by atoms with van der Waals surface area (Å²) < 4.78 is 15.2. The summed E-state index contributed by atoms with van der Waals surface area (Å²) in [5.74, 6) is 0.826. The molecule has 0 saturated heterocycles. The van der Waals surface area contributed by atoms with Gasteiger partial charge in [-0.2, -0.15) is 0 Å². The third-order valence-corrected chi connectivity index (χ3v) is 8.55. The quantitative estimate of drug-likeness (QED) is 0.624. The summed E-state index contributed by atoms with van der Waals surface area (Å²) in [5.41, 5.74) is 4.53. The first-order valence-corrected chi connectivity index (χ1v) is 11.3. The molecular formula is C26H26FN3O2. The summed E-state index contributed by atoms with van der Waals surface area (Å²) in [4.78, 5) is 13.1. The summed E-state index contributed by atoms with van der Waals surface area (Å²) in [7, 11) is 0. The fourth-order valence-corrected chi connectivity index (χ4v) is 6.97. The predicted octanol–water partition coefficient (Wildman–Crippen LogP) is 5.13. The number of ketones is 1. The van der Waals surface area contributed by atoms with Gasteiger partial charge >= 0.3 is 0 Å². The maximum absolute atomic E-state index is 13.3. The van der Waals surface area contributed by atoms with Crippen molar-refractivity contribution in [3.8, 4) is 17.0 Å². The molecule has 3 aromatic rings. The molecule has 4 atom stereocenters. The first-order chi connectivity index (χ1) is 15.3. The number of carbonyl (C=O) groups is 1. The lowest BCUT2D eigenvalue weighted by Gasteiger charge is -2.42. The van der Waals surface area contributed by atoms with E-state index < -0.39 is 0 Å². The van der Waals surface area contributed by atoms with E-state index in [2.05, 4.69) is 23.3 Å². The van der Waals surface area contributed by atoms with Gasteiger partial charge in [0.25, 0.3) is 0 Å². The van der Waals surface area contributed by atoms with Crippen LogP contribution in [0.5, 0.6) is 5.75 Å². The lowest BCUT2D eigenvalue weighted by atomic mass is 9.61. The van der Waals surface area contributed by atoms with Gasteiger partial charge in [0, 0.05) is 23.3 Å². The zero-order valence-corrected chi connectivity index (χ0v) is 18.3. The van der Waals surface area contributed by atoms with Crippen molar-refractivity contribution in [3.63, 3.8) is 0 Å². The van der Waals surface area contributed by atoms with E-state index in [0.29, 0.717) is 36.1 Å². The lowest BCUT2D eigenvalue weighted by Crippen LogP contribution is -2.35. The van der Waals surface area contributed by atoms with Crippen molar-refractivity contribution in [2.75, 3.05) is 0 Å². The summed E-state index contributed by atoms with van der Waals surface area (Å²) in [6, 6.07) is 10.1. The third-order valence-electron chi connectivity index (χ3n) is 8.55. The van der Waals surface area contributed by atoms with Crippen molar-refractivity contribution in [2.24, 2.45) is 10.8 Å². The molecule has 2 fully saturated rings. The van der Waals surface area contributed by atoms with Gasteiger partial charge in [0.1, 0.15) is 23.0 Å². The Hall–Kier alpha value is -3.02. The first kappa shape index (κ1) is 19.6. The smallest absolute Gasteiger partial charge is 0.139 e. The Morgan fingerprint density at radius 2 is 2.00 bits per heavy atom. The summed E-state index contributed by atoms with van der Waals surface area (Å²) in [6.07, 6.45) is 5.32. The Morgan fingerprint density at radius 1 is 1.22 bits per heavy atom. The second-order valence-corrected chi connectivity index (χ2v) is 10.3. The number of hydrogen-bond donors (Lipinski definition) is 1. The maximum atomic E-state index is 13.3. The van der Waals surface area contributed by atoms with Crippen LogP contribution >= 0.6 is 0 Å². The zero-order valence-electron chi connectivity index (χ0n) is 18.3. The Kier molecular flexibility index (Phi) is 3.99. The SMILES string of the molecule is Cc1c(O)ccc2c1[C@H](Cn1cc(-c3ccc(F)cc3)nn1)[C@@]13CC(=O)[C@@](C)(CC[C@@H]21)C3. The fourth-order valence-electron chi connectivity index (χ4n) is 6.97. The highest BCUT2D eigenvalue weighted by Crippen LogP contribution is 2.72. The molecule has 0 amide bonds. The van der Waals surface area contributed by atoms with E-state index in [-0.39, 0.29) is 22.6 Å². The molecule has 0 radical (unpaired) electrons. The minimum atomic E-state index is -0.282. The van der Waals surface area contributed by atoms with Gasteiger partial charge < -0.3 is 5.11 Å². The van der Waals surface area contributed by atoms with Crippen LogP contribution in [0.3, 0.4) is 0 Å². The van der Waals surface area contributed by atoms with Gasteiger partial charge in [-0.15, -0.1) is 5.10 Å². The highest BCUT2D eigenvalue weighted by Gasteiger charge is 2.65. The standard InChI is InChI=1S/C26H26FN3O2/c1-15-22(31)8-7-18-19-9-10-25(2)14-26(19,11-23(25)32)20(24(15)18)12-30-13-21(28-29-30)16-3-5-17(27)6-4-16/h3-8,13,19-20,31H,9-12,14H2,1-2H3/t19-,20-,25-,26+/m0/s1. The van der Waals surface area contributed by atoms with Gasteiger partial charge in [0.15, 0.2) is 0 Å². The van der Waals surface area contributed by atoms with E-state index in [9.17, 15) is 14.3 Å². The molecule has 2 saturated carbocycles. The lowest BCUT2D eigenvalue weighted by molar-refractivity contribution is -0.125. The van der Waals surface area contributed by atoms with Crippen molar-refractivity contribution in [1.29, 1.82) is 0 Å². The molecule has 2 aromatic carbocycles. The maximum Gasteiger partial charge on any atom is 0.139 e. The van der Waals surface area contributed by atoms with Crippen molar-refractivity contribution in [2.45, 2.75) is 57.9 Å². The van der Waals surface area contributed by atoms with E-state index in [1.807, 2.05) is 17.8 Å². The second kappa shape index (κ2) is 6.50. The molecule has 0 unspecified atom stereocenters. The first-order valence-electron chi connectivity index (χ1n) is 11.3. The number of aromatic nitrogens is 3. The fraction of sp³-hybridized carbons (Fsp3) is 0.423. The minimum absolute atomic E-state index is 0.0865. The largest absolute Gasteiger partial charge is 0.508 e.